The summed E-state index contributed by atoms with van der Waals surface area (Å²) in [6, 6.07) is 8.18. The van der Waals surface area contributed by atoms with Crippen LogP contribution in [0.5, 0.6) is 23.0 Å². The Kier molecular flexibility index (Phi) is 3.29. The standard InChI is InChI=1S/C20H18O5/c1-20(2)6-5-12-7-11(3-4-16(12)25-20)17-10-15(23)19-14(22)8-13(21)9-18(19)24-17/h3-9,17,21-22H,10H2,1-2H3/t17-/m0/s1. The molecule has 2 heterocycles. The largest absolute Gasteiger partial charge is 0.508 e. The molecule has 1 atom stereocenters. The van der Waals surface area contributed by atoms with Gasteiger partial charge in [0.15, 0.2) is 5.78 Å². The Labute approximate surface area is 145 Å². The van der Waals surface area contributed by atoms with Gasteiger partial charge in [0.25, 0.3) is 0 Å². The number of rotatable bonds is 1. The first-order chi connectivity index (χ1) is 11.8. The van der Waals surface area contributed by atoms with Crippen LogP contribution in [0.25, 0.3) is 6.08 Å². The van der Waals surface area contributed by atoms with E-state index >= 15 is 0 Å². The molecule has 4 rings (SSSR count). The molecule has 0 amide bonds. The van der Waals surface area contributed by atoms with E-state index < -0.39 is 6.10 Å². The van der Waals surface area contributed by atoms with E-state index in [-0.39, 0.29) is 40.6 Å². The zero-order valence-electron chi connectivity index (χ0n) is 13.9. The Bertz CT molecular complexity index is 911. The number of benzene rings is 2. The summed E-state index contributed by atoms with van der Waals surface area (Å²) in [4.78, 5) is 12.4. The van der Waals surface area contributed by atoms with Gasteiger partial charge in [-0.1, -0.05) is 12.1 Å². The van der Waals surface area contributed by atoms with Crippen LogP contribution in [-0.2, 0) is 0 Å². The van der Waals surface area contributed by atoms with Crippen molar-refractivity contribution in [3.8, 4) is 23.0 Å². The number of phenolic OH excluding ortho intramolecular Hbond substituents is 2. The number of aromatic hydroxyl groups is 2. The predicted octanol–water partition coefficient (Wildman–Crippen LogP) is 3.99. The van der Waals surface area contributed by atoms with Gasteiger partial charge >= 0.3 is 0 Å². The highest BCUT2D eigenvalue weighted by atomic mass is 16.5. The summed E-state index contributed by atoms with van der Waals surface area (Å²) in [5.74, 6) is 0.365. The normalized spacial score (nSPS) is 20.2. The molecule has 5 heteroatoms. The number of ether oxygens (including phenoxy) is 2. The number of ketones is 1. The molecule has 2 N–H and O–H groups in total. The highest BCUT2D eigenvalue weighted by Crippen LogP contribution is 2.42. The fourth-order valence-electron chi connectivity index (χ4n) is 3.21. The molecule has 0 bridgehead atoms. The lowest BCUT2D eigenvalue weighted by molar-refractivity contribution is 0.0845. The number of hydrogen-bond acceptors (Lipinski definition) is 5. The van der Waals surface area contributed by atoms with Crippen LogP contribution < -0.4 is 9.47 Å². The minimum atomic E-state index is -0.477. The first-order valence-electron chi connectivity index (χ1n) is 8.10. The monoisotopic (exact) mass is 338 g/mol. The van der Waals surface area contributed by atoms with Gasteiger partial charge in [-0.25, -0.2) is 0 Å². The molecule has 0 saturated carbocycles. The lowest BCUT2D eigenvalue weighted by atomic mass is 9.93. The first kappa shape index (κ1) is 15.6. The third kappa shape index (κ3) is 2.71. The summed E-state index contributed by atoms with van der Waals surface area (Å²) in [5, 5.41) is 19.5. The lowest BCUT2D eigenvalue weighted by Crippen LogP contribution is -2.27. The van der Waals surface area contributed by atoms with Crippen molar-refractivity contribution in [1.82, 2.24) is 0 Å². The first-order valence-corrected chi connectivity index (χ1v) is 8.10. The van der Waals surface area contributed by atoms with Crippen molar-refractivity contribution in [2.45, 2.75) is 32.0 Å². The molecule has 0 saturated heterocycles. The molecule has 2 aromatic rings. The van der Waals surface area contributed by atoms with Crippen LogP contribution in [0.1, 0.15) is 47.9 Å². The Morgan fingerprint density at radius 3 is 2.72 bits per heavy atom. The fraction of sp³-hybridized carbons (Fsp3) is 0.250. The van der Waals surface area contributed by atoms with Crippen LogP contribution >= 0.6 is 0 Å². The van der Waals surface area contributed by atoms with Gasteiger partial charge in [-0.3, -0.25) is 4.79 Å². The third-order valence-electron chi connectivity index (χ3n) is 4.43. The number of hydrogen-bond donors (Lipinski definition) is 2. The number of Topliss-reactive ketones (excluding diaryl/α,β-unsaturated/α-hetero) is 1. The summed E-state index contributed by atoms with van der Waals surface area (Å²) in [7, 11) is 0. The van der Waals surface area contributed by atoms with Crippen molar-refractivity contribution in [2.75, 3.05) is 0 Å². The maximum absolute atomic E-state index is 12.4. The van der Waals surface area contributed by atoms with Gasteiger partial charge in [0, 0.05) is 17.7 Å². The average molecular weight is 338 g/mol. The molecule has 0 unspecified atom stereocenters. The van der Waals surface area contributed by atoms with Crippen LogP contribution in [0.15, 0.2) is 36.4 Å². The predicted molar refractivity (Wildman–Crippen MR) is 92.3 cm³/mol. The summed E-state index contributed by atoms with van der Waals surface area (Å²) in [6.07, 6.45) is 3.63. The van der Waals surface area contributed by atoms with E-state index in [4.69, 9.17) is 9.47 Å². The molecular weight excluding hydrogens is 320 g/mol. The molecule has 2 aliphatic heterocycles. The second-order valence-corrected chi connectivity index (χ2v) is 6.91. The van der Waals surface area contributed by atoms with Crippen molar-refractivity contribution in [2.24, 2.45) is 0 Å². The van der Waals surface area contributed by atoms with Crippen molar-refractivity contribution in [1.29, 1.82) is 0 Å². The second kappa shape index (κ2) is 5.28. The molecular formula is C20H18O5. The van der Waals surface area contributed by atoms with E-state index in [2.05, 4.69) is 0 Å². The Hall–Kier alpha value is -2.95. The van der Waals surface area contributed by atoms with Crippen molar-refractivity contribution in [3.63, 3.8) is 0 Å². The van der Waals surface area contributed by atoms with Gasteiger partial charge in [-0.2, -0.15) is 0 Å². The molecule has 0 aromatic heterocycles. The Balaban J connectivity index is 1.69. The van der Waals surface area contributed by atoms with E-state index in [0.717, 1.165) is 22.9 Å². The van der Waals surface area contributed by atoms with Crippen LogP contribution in [0.2, 0.25) is 0 Å². The number of fused-ring (bicyclic) bond motifs is 2. The van der Waals surface area contributed by atoms with E-state index in [1.54, 1.807) is 0 Å². The van der Waals surface area contributed by atoms with Gasteiger partial charge in [0.1, 0.15) is 40.3 Å². The molecule has 0 aliphatic carbocycles. The molecule has 2 aromatic carbocycles. The van der Waals surface area contributed by atoms with E-state index in [9.17, 15) is 15.0 Å². The zero-order chi connectivity index (χ0) is 17.8. The third-order valence-corrected chi connectivity index (χ3v) is 4.43. The molecule has 0 radical (unpaired) electrons. The highest BCUT2D eigenvalue weighted by molar-refractivity contribution is 6.02. The summed E-state index contributed by atoms with van der Waals surface area (Å²) >= 11 is 0. The van der Waals surface area contributed by atoms with Gasteiger partial charge in [-0.15, -0.1) is 0 Å². The molecule has 0 fully saturated rings. The Morgan fingerprint density at radius 2 is 1.92 bits per heavy atom. The molecule has 25 heavy (non-hydrogen) atoms. The van der Waals surface area contributed by atoms with Crippen molar-refractivity contribution < 1.29 is 24.5 Å². The van der Waals surface area contributed by atoms with Gasteiger partial charge in [0.05, 0.1) is 6.42 Å². The van der Waals surface area contributed by atoms with E-state index in [1.165, 1.54) is 6.07 Å². The highest BCUT2D eigenvalue weighted by Gasteiger charge is 2.31. The van der Waals surface area contributed by atoms with Crippen LogP contribution in [0, 0.1) is 0 Å². The fourth-order valence-corrected chi connectivity index (χ4v) is 3.21. The van der Waals surface area contributed by atoms with E-state index in [1.807, 2.05) is 44.2 Å². The number of phenols is 2. The zero-order valence-corrected chi connectivity index (χ0v) is 13.9. The average Bonchev–Trinajstić information content (AvgIpc) is 2.52. The lowest BCUT2D eigenvalue weighted by Gasteiger charge is -2.30. The SMILES string of the molecule is CC1(C)C=Cc2cc([C@@H]3CC(=O)c4c(O)cc(O)cc4O3)ccc2O1. The summed E-state index contributed by atoms with van der Waals surface area (Å²) in [6.45, 7) is 3.97. The Morgan fingerprint density at radius 1 is 1.12 bits per heavy atom. The molecule has 5 nitrogen and oxygen atoms in total. The molecule has 128 valence electrons. The van der Waals surface area contributed by atoms with E-state index in [0.29, 0.717) is 0 Å². The second-order valence-electron chi connectivity index (χ2n) is 6.91. The molecule has 0 spiro atoms. The number of carbonyl (C=O) groups excluding carboxylic acids is 1. The van der Waals surface area contributed by atoms with Gasteiger partial charge in [0.2, 0.25) is 0 Å². The van der Waals surface area contributed by atoms with Crippen molar-refractivity contribution >= 4 is 11.9 Å². The quantitative estimate of drug-likeness (QED) is 0.822. The summed E-state index contributed by atoms with van der Waals surface area (Å²) in [5.41, 5.74) is 1.54. The maximum atomic E-state index is 12.4. The van der Waals surface area contributed by atoms with Gasteiger partial charge < -0.3 is 19.7 Å². The van der Waals surface area contributed by atoms with Crippen LogP contribution in [0.3, 0.4) is 0 Å². The minimum Gasteiger partial charge on any atom is -0.508 e. The van der Waals surface area contributed by atoms with Crippen molar-refractivity contribution in [3.05, 3.63) is 53.1 Å². The maximum Gasteiger partial charge on any atom is 0.174 e. The van der Waals surface area contributed by atoms with Gasteiger partial charge in [-0.05, 0) is 37.6 Å². The smallest absolute Gasteiger partial charge is 0.174 e. The topological polar surface area (TPSA) is 76.0 Å². The molecule has 2 aliphatic rings. The number of carbonyl (C=O) groups is 1. The van der Waals surface area contributed by atoms with Crippen LogP contribution in [0.4, 0.5) is 0 Å². The summed E-state index contributed by atoms with van der Waals surface area (Å²) < 4.78 is 11.8. The minimum absolute atomic E-state index is 0.122. The van der Waals surface area contributed by atoms with Crippen LogP contribution in [-0.4, -0.2) is 21.6 Å².